The van der Waals surface area contributed by atoms with Gasteiger partial charge in [0.2, 0.25) is 0 Å². The Kier molecular flexibility index (Phi) is 7.92. The monoisotopic (exact) mass is 504 g/mol. The first kappa shape index (κ1) is 26.2. The molecule has 5 rings (SSSR count). The molecule has 1 heterocycles. The molecule has 2 saturated carbocycles. The SMILES string of the molecule is COc1cccc([C@@]23CCN(CC4CC4)C[C@H]2C(OC)C[C@H](N(CC(C)C)C(=O)c2ccccc2)C3)c1. The number of fused-ring (bicyclic) bond motifs is 1. The van der Waals surface area contributed by atoms with Crippen LogP contribution in [0.4, 0.5) is 0 Å². The van der Waals surface area contributed by atoms with Crippen LogP contribution in [-0.2, 0) is 10.2 Å². The lowest BCUT2D eigenvalue weighted by Gasteiger charge is -2.57. The molecular formula is C32H44N2O3. The Morgan fingerprint density at radius 3 is 2.57 bits per heavy atom. The summed E-state index contributed by atoms with van der Waals surface area (Å²) in [6, 6.07) is 18.6. The maximum atomic E-state index is 13.9. The summed E-state index contributed by atoms with van der Waals surface area (Å²) in [5, 5.41) is 0. The molecule has 0 aromatic heterocycles. The summed E-state index contributed by atoms with van der Waals surface area (Å²) >= 11 is 0. The lowest BCUT2D eigenvalue weighted by atomic mass is 9.56. The zero-order valence-corrected chi connectivity index (χ0v) is 23.1. The summed E-state index contributed by atoms with van der Waals surface area (Å²) in [6.45, 7) is 8.55. The van der Waals surface area contributed by atoms with Crippen molar-refractivity contribution in [1.82, 2.24) is 9.80 Å². The second-order valence-electron chi connectivity index (χ2n) is 12.0. The van der Waals surface area contributed by atoms with E-state index >= 15 is 0 Å². The fraction of sp³-hybridized carbons (Fsp3) is 0.594. The molecule has 1 amide bonds. The minimum absolute atomic E-state index is 0.0512. The highest BCUT2D eigenvalue weighted by Gasteiger charge is 2.54. The molecule has 4 atom stereocenters. The van der Waals surface area contributed by atoms with Crippen LogP contribution in [0.15, 0.2) is 54.6 Å². The van der Waals surface area contributed by atoms with Crippen molar-refractivity contribution in [2.75, 3.05) is 40.4 Å². The number of ether oxygens (including phenoxy) is 2. The molecule has 0 spiro atoms. The van der Waals surface area contributed by atoms with E-state index in [0.29, 0.717) is 11.8 Å². The maximum absolute atomic E-state index is 13.9. The molecule has 3 aliphatic rings. The molecule has 5 heteroatoms. The third-order valence-electron chi connectivity index (χ3n) is 9.04. The molecule has 5 nitrogen and oxygen atoms in total. The van der Waals surface area contributed by atoms with E-state index in [1.807, 2.05) is 43.5 Å². The van der Waals surface area contributed by atoms with Gasteiger partial charge in [0.15, 0.2) is 0 Å². The Morgan fingerprint density at radius 1 is 1.11 bits per heavy atom. The number of hydrogen-bond donors (Lipinski definition) is 0. The predicted octanol–water partition coefficient (Wildman–Crippen LogP) is 5.64. The lowest BCUT2D eigenvalue weighted by Crippen LogP contribution is -2.62. The van der Waals surface area contributed by atoms with E-state index in [2.05, 4.69) is 41.8 Å². The first-order valence-electron chi connectivity index (χ1n) is 14.2. The molecule has 0 radical (unpaired) electrons. The highest BCUT2D eigenvalue weighted by atomic mass is 16.5. The van der Waals surface area contributed by atoms with Crippen molar-refractivity contribution in [2.45, 2.75) is 63.5 Å². The summed E-state index contributed by atoms with van der Waals surface area (Å²) in [4.78, 5) is 18.8. The topological polar surface area (TPSA) is 42.0 Å². The molecule has 2 aliphatic carbocycles. The Labute approximate surface area is 223 Å². The number of likely N-dealkylation sites (tertiary alicyclic amines) is 1. The summed E-state index contributed by atoms with van der Waals surface area (Å²) in [5.41, 5.74) is 2.06. The number of nitrogens with zero attached hydrogens (tertiary/aromatic N) is 2. The van der Waals surface area contributed by atoms with Gasteiger partial charge in [0.25, 0.3) is 5.91 Å². The van der Waals surface area contributed by atoms with Crippen molar-refractivity contribution < 1.29 is 14.3 Å². The number of carbonyl (C=O) groups is 1. The Morgan fingerprint density at radius 2 is 1.89 bits per heavy atom. The Balaban J connectivity index is 1.52. The average molecular weight is 505 g/mol. The number of benzene rings is 2. The molecule has 37 heavy (non-hydrogen) atoms. The van der Waals surface area contributed by atoms with Crippen molar-refractivity contribution in [1.29, 1.82) is 0 Å². The van der Waals surface area contributed by atoms with Gasteiger partial charge in [0, 0.05) is 49.7 Å². The van der Waals surface area contributed by atoms with Gasteiger partial charge in [-0.05, 0) is 80.3 Å². The van der Waals surface area contributed by atoms with Crippen LogP contribution < -0.4 is 4.74 Å². The van der Waals surface area contributed by atoms with Crippen LogP contribution in [0.25, 0.3) is 0 Å². The van der Waals surface area contributed by atoms with E-state index in [-0.39, 0.29) is 23.5 Å². The number of amides is 1. The Bertz CT molecular complexity index is 1050. The second kappa shape index (κ2) is 11.2. The smallest absolute Gasteiger partial charge is 0.254 e. The molecule has 2 aromatic carbocycles. The molecule has 1 saturated heterocycles. The van der Waals surface area contributed by atoms with Gasteiger partial charge in [0.05, 0.1) is 13.2 Å². The number of rotatable bonds is 9. The van der Waals surface area contributed by atoms with E-state index in [9.17, 15) is 4.79 Å². The standard InChI is InChI=1S/C32H44N2O3/c1-23(2)20-34(31(35)25-9-6-5-7-10-25)27-18-30(37-4)29-22-33(21-24-13-14-24)16-15-32(29,19-27)26-11-8-12-28(17-26)36-3/h5-12,17,23-24,27,29-30H,13-16,18-22H2,1-4H3/t27-,29-,30?,32-/m0/s1. The molecular weight excluding hydrogens is 460 g/mol. The first-order valence-corrected chi connectivity index (χ1v) is 14.2. The van der Waals surface area contributed by atoms with Crippen molar-refractivity contribution in [3.8, 4) is 5.75 Å². The number of hydrogen-bond acceptors (Lipinski definition) is 4. The van der Waals surface area contributed by atoms with Gasteiger partial charge in [-0.1, -0.05) is 44.2 Å². The van der Waals surface area contributed by atoms with Crippen molar-refractivity contribution in [3.63, 3.8) is 0 Å². The Hall–Kier alpha value is -2.37. The molecule has 0 bridgehead atoms. The van der Waals surface area contributed by atoms with E-state index in [4.69, 9.17) is 9.47 Å². The number of methoxy groups -OCH3 is 2. The molecule has 1 aliphatic heterocycles. The van der Waals surface area contributed by atoms with Crippen LogP contribution in [0, 0.1) is 17.8 Å². The van der Waals surface area contributed by atoms with Gasteiger partial charge in [-0.15, -0.1) is 0 Å². The van der Waals surface area contributed by atoms with Crippen LogP contribution in [-0.4, -0.2) is 68.3 Å². The normalized spacial score (nSPS) is 28.1. The van der Waals surface area contributed by atoms with Gasteiger partial charge < -0.3 is 19.3 Å². The van der Waals surface area contributed by atoms with Gasteiger partial charge in [-0.2, -0.15) is 0 Å². The molecule has 0 N–H and O–H groups in total. The minimum Gasteiger partial charge on any atom is -0.497 e. The van der Waals surface area contributed by atoms with E-state index in [1.165, 1.54) is 24.9 Å². The van der Waals surface area contributed by atoms with Crippen LogP contribution >= 0.6 is 0 Å². The lowest BCUT2D eigenvalue weighted by molar-refractivity contribution is -0.0824. The van der Waals surface area contributed by atoms with E-state index < -0.39 is 0 Å². The third kappa shape index (κ3) is 5.58. The van der Waals surface area contributed by atoms with Gasteiger partial charge in [-0.25, -0.2) is 0 Å². The largest absolute Gasteiger partial charge is 0.497 e. The van der Waals surface area contributed by atoms with Crippen LogP contribution in [0.2, 0.25) is 0 Å². The first-order chi connectivity index (χ1) is 17.9. The van der Waals surface area contributed by atoms with Crippen LogP contribution in [0.5, 0.6) is 5.75 Å². The maximum Gasteiger partial charge on any atom is 0.254 e. The second-order valence-corrected chi connectivity index (χ2v) is 12.0. The highest BCUT2D eigenvalue weighted by Crippen LogP contribution is 2.52. The minimum atomic E-state index is -0.0512. The summed E-state index contributed by atoms with van der Waals surface area (Å²) < 4.78 is 12.0. The summed E-state index contributed by atoms with van der Waals surface area (Å²) in [6.07, 6.45) is 5.80. The summed E-state index contributed by atoms with van der Waals surface area (Å²) in [7, 11) is 3.62. The molecule has 3 fully saturated rings. The van der Waals surface area contributed by atoms with Crippen molar-refractivity contribution in [3.05, 3.63) is 65.7 Å². The van der Waals surface area contributed by atoms with Crippen molar-refractivity contribution in [2.24, 2.45) is 17.8 Å². The predicted molar refractivity (Wildman–Crippen MR) is 148 cm³/mol. The fourth-order valence-corrected chi connectivity index (χ4v) is 7.03. The van der Waals surface area contributed by atoms with Gasteiger partial charge in [-0.3, -0.25) is 4.79 Å². The van der Waals surface area contributed by atoms with Crippen LogP contribution in [0.1, 0.15) is 61.9 Å². The van der Waals surface area contributed by atoms with E-state index in [1.54, 1.807) is 7.11 Å². The molecule has 1 unspecified atom stereocenters. The fourth-order valence-electron chi connectivity index (χ4n) is 7.03. The quantitative estimate of drug-likeness (QED) is 0.443. The third-order valence-corrected chi connectivity index (χ3v) is 9.04. The summed E-state index contributed by atoms with van der Waals surface area (Å²) in [5.74, 6) is 2.70. The average Bonchev–Trinajstić information content (AvgIpc) is 3.75. The zero-order valence-electron chi connectivity index (χ0n) is 23.1. The van der Waals surface area contributed by atoms with Crippen LogP contribution in [0.3, 0.4) is 0 Å². The van der Waals surface area contributed by atoms with Crippen molar-refractivity contribution >= 4 is 5.91 Å². The molecule has 200 valence electrons. The molecule has 2 aromatic rings. The zero-order chi connectivity index (χ0) is 26.0. The number of carbonyl (C=O) groups excluding carboxylic acids is 1. The highest BCUT2D eigenvalue weighted by molar-refractivity contribution is 5.94. The van der Waals surface area contributed by atoms with E-state index in [0.717, 1.165) is 56.1 Å². The van der Waals surface area contributed by atoms with Gasteiger partial charge in [0.1, 0.15) is 5.75 Å². The van der Waals surface area contributed by atoms with Gasteiger partial charge >= 0.3 is 0 Å². The number of piperidine rings is 1.